The number of amidine groups is 1. The molecule has 1 saturated carbocycles. The van der Waals surface area contributed by atoms with Crippen LogP contribution in [-0.2, 0) is 4.74 Å². The van der Waals surface area contributed by atoms with Crippen LogP contribution in [0.3, 0.4) is 0 Å². The van der Waals surface area contributed by atoms with Crippen LogP contribution in [0, 0.1) is 23.7 Å². The lowest BCUT2D eigenvalue weighted by atomic mass is 9.75. The average Bonchev–Trinajstić information content (AvgIpc) is 2.36. The summed E-state index contributed by atoms with van der Waals surface area (Å²) in [5, 5.41) is 11.0. The molecule has 0 bridgehead atoms. The lowest BCUT2D eigenvalue weighted by Gasteiger charge is -2.37. The van der Waals surface area contributed by atoms with E-state index < -0.39 is 24.5 Å². The fourth-order valence-corrected chi connectivity index (χ4v) is 2.94. The highest BCUT2D eigenvalue weighted by atomic mass is 19.4. The van der Waals surface area contributed by atoms with Crippen molar-refractivity contribution in [2.24, 2.45) is 34.6 Å². The zero-order chi connectivity index (χ0) is 16.2. The van der Waals surface area contributed by atoms with E-state index in [-0.39, 0.29) is 12.0 Å². The van der Waals surface area contributed by atoms with Gasteiger partial charge in [-0.05, 0) is 30.6 Å². The van der Waals surface area contributed by atoms with Crippen LogP contribution in [0.2, 0.25) is 0 Å². The Hall–Kier alpha value is -0.980. The molecule has 1 aliphatic rings. The maximum Gasteiger partial charge on any atom is 0.401 e. The summed E-state index contributed by atoms with van der Waals surface area (Å²) in [6.45, 7) is 5.60. The maximum atomic E-state index is 12.9. The van der Waals surface area contributed by atoms with Gasteiger partial charge in [-0.25, -0.2) is 0 Å². The van der Waals surface area contributed by atoms with Crippen LogP contribution >= 0.6 is 0 Å². The fraction of sp³-hybridized carbons (Fsp3) is 0.929. The lowest BCUT2D eigenvalue weighted by molar-refractivity contribution is -0.177. The molecule has 4 unspecified atom stereocenters. The number of halogens is 3. The first-order valence-electron chi connectivity index (χ1n) is 7.32. The monoisotopic (exact) mass is 310 g/mol. The standard InChI is InChI=1S/C14H25F3N2O2/c1-8(2)10-5-4-9(3)6-12(10)21-7-11(13(18)19-20)14(15,16)17/h8-12,20H,4-7H2,1-3H3,(H2,18,19). The van der Waals surface area contributed by atoms with Gasteiger partial charge in [0.1, 0.15) is 5.92 Å². The number of alkyl halides is 3. The molecule has 0 radical (unpaired) electrons. The second-order valence-corrected chi connectivity index (χ2v) is 6.32. The first kappa shape index (κ1) is 18.1. The third-order valence-electron chi connectivity index (χ3n) is 4.31. The summed E-state index contributed by atoms with van der Waals surface area (Å²) in [4.78, 5) is 0. The SMILES string of the molecule is CC1CCC(C(C)C)C(OCC(C(N)=NO)C(F)(F)F)C1. The molecule has 0 aliphatic heterocycles. The summed E-state index contributed by atoms with van der Waals surface area (Å²) in [7, 11) is 0. The number of oxime groups is 1. The van der Waals surface area contributed by atoms with E-state index in [0.717, 1.165) is 19.3 Å². The molecule has 4 nitrogen and oxygen atoms in total. The molecule has 0 amide bonds. The highest BCUT2D eigenvalue weighted by Crippen LogP contribution is 2.36. The zero-order valence-electron chi connectivity index (χ0n) is 12.7. The molecule has 1 aliphatic carbocycles. The van der Waals surface area contributed by atoms with E-state index in [1.54, 1.807) is 0 Å². The van der Waals surface area contributed by atoms with Crippen LogP contribution in [0.1, 0.15) is 40.0 Å². The van der Waals surface area contributed by atoms with Gasteiger partial charge in [0.25, 0.3) is 0 Å². The quantitative estimate of drug-likeness (QED) is 0.354. The van der Waals surface area contributed by atoms with Crippen molar-refractivity contribution >= 4 is 5.84 Å². The molecule has 4 atom stereocenters. The predicted octanol–water partition coefficient (Wildman–Crippen LogP) is 3.39. The smallest absolute Gasteiger partial charge is 0.401 e. The van der Waals surface area contributed by atoms with Crippen molar-refractivity contribution in [3.63, 3.8) is 0 Å². The molecule has 0 aromatic carbocycles. The normalized spacial score (nSPS) is 29.7. The van der Waals surface area contributed by atoms with Gasteiger partial charge < -0.3 is 15.7 Å². The zero-order valence-corrected chi connectivity index (χ0v) is 12.7. The second-order valence-electron chi connectivity index (χ2n) is 6.32. The molecule has 0 saturated heterocycles. The highest BCUT2D eigenvalue weighted by Gasteiger charge is 2.44. The first-order chi connectivity index (χ1) is 9.66. The minimum Gasteiger partial charge on any atom is -0.409 e. The molecule has 0 aromatic rings. The van der Waals surface area contributed by atoms with Crippen molar-refractivity contribution in [2.45, 2.75) is 52.3 Å². The Labute approximate surface area is 123 Å². The summed E-state index contributed by atoms with van der Waals surface area (Å²) in [6, 6.07) is 0. The van der Waals surface area contributed by atoms with Gasteiger partial charge in [0.05, 0.1) is 12.7 Å². The molecular weight excluding hydrogens is 285 g/mol. The number of hydrogen-bond acceptors (Lipinski definition) is 3. The van der Waals surface area contributed by atoms with Crippen molar-refractivity contribution in [3.05, 3.63) is 0 Å². The molecule has 3 N–H and O–H groups in total. The van der Waals surface area contributed by atoms with Crippen molar-refractivity contribution in [2.75, 3.05) is 6.61 Å². The maximum absolute atomic E-state index is 12.9. The summed E-state index contributed by atoms with van der Waals surface area (Å²) in [6.07, 6.45) is -1.99. The molecule has 0 spiro atoms. The van der Waals surface area contributed by atoms with Crippen LogP contribution < -0.4 is 5.73 Å². The highest BCUT2D eigenvalue weighted by molar-refractivity contribution is 5.83. The van der Waals surface area contributed by atoms with Crippen LogP contribution in [0.5, 0.6) is 0 Å². The van der Waals surface area contributed by atoms with E-state index in [2.05, 4.69) is 25.9 Å². The molecule has 1 rings (SSSR count). The van der Waals surface area contributed by atoms with Gasteiger partial charge in [-0.15, -0.1) is 0 Å². The van der Waals surface area contributed by atoms with Crippen molar-refractivity contribution in [1.29, 1.82) is 0 Å². The topological polar surface area (TPSA) is 67.8 Å². The van der Waals surface area contributed by atoms with Gasteiger partial charge in [0, 0.05) is 0 Å². The summed E-state index contributed by atoms with van der Waals surface area (Å²) >= 11 is 0. The average molecular weight is 310 g/mol. The Morgan fingerprint density at radius 1 is 1.38 bits per heavy atom. The summed E-state index contributed by atoms with van der Waals surface area (Å²) in [5.41, 5.74) is 5.14. The van der Waals surface area contributed by atoms with Gasteiger partial charge >= 0.3 is 6.18 Å². The molecule has 1 fully saturated rings. The minimum atomic E-state index is -4.58. The first-order valence-corrected chi connectivity index (χ1v) is 7.32. The Morgan fingerprint density at radius 3 is 2.48 bits per heavy atom. The van der Waals surface area contributed by atoms with E-state index >= 15 is 0 Å². The Morgan fingerprint density at radius 2 is 2.00 bits per heavy atom. The number of nitrogens with zero attached hydrogens (tertiary/aromatic N) is 1. The number of ether oxygens (including phenoxy) is 1. The number of hydrogen-bond donors (Lipinski definition) is 2. The van der Waals surface area contributed by atoms with Gasteiger partial charge in [0.15, 0.2) is 5.84 Å². The van der Waals surface area contributed by atoms with Crippen LogP contribution in [0.25, 0.3) is 0 Å². The molecular formula is C14H25F3N2O2. The van der Waals surface area contributed by atoms with Crippen LogP contribution in [0.4, 0.5) is 13.2 Å². The molecule has 21 heavy (non-hydrogen) atoms. The van der Waals surface area contributed by atoms with Gasteiger partial charge in [-0.2, -0.15) is 13.2 Å². The Balaban J connectivity index is 2.72. The summed E-state index contributed by atoms with van der Waals surface area (Å²) in [5.74, 6) is -1.86. The third kappa shape index (κ3) is 5.05. The molecule has 0 heterocycles. The summed E-state index contributed by atoms with van der Waals surface area (Å²) < 4.78 is 44.2. The van der Waals surface area contributed by atoms with E-state index in [9.17, 15) is 13.2 Å². The van der Waals surface area contributed by atoms with Gasteiger partial charge in [-0.3, -0.25) is 0 Å². The Kier molecular flexibility index (Phi) is 6.31. The predicted molar refractivity (Wildman–Crippen MR) is 74.0 cm³/mol. The van der Waals surface area contributed by atoms with Crippen molar-refractivity contribution in [3.8, 4) is 0 Å². The molecule has 0 aromatic heterocycles. The van der Waals surface area contributed by atoms with Crippen molar-refractivity contribution < 1.29 is 23.1 Å². The van der Waals surface area contributed by atoms with E-state index in [1.165, 1.54) is 0 Å². The van der Waals surface area contributed by atoms with E-state index in [0.29, 0.717) is 11.8 Å². The van der Waals surface area contributed by atoms with Gasteiger partial charge in [0.2, 0.25) is 0 Å². The van der Waals surface area contributed by atoms with E-state index in [1.807, 2.05) is 0 Å². The van der Waals surface area contributed by atoms with E-state index in [4.69, 9.17) is 15.7 Å². The second kappa shape index (κ2) is 7.33. The molecule has 7 heteroatoms. The lowest BCUT2D eigenvalue weighted by Crippen LogP contribution is -2.42. The largest absolute Gasteiger partial charge is 0.409 e. The van der Waals surface area contributed by atoms with Crippen LogP contribution in [-0.4, -0.2) is 29.9 Å². The van der Waals surface area contributed by atoms with Crippen LogP contribution in [0.15, 0.2) is 5.16 Å². The fourth-order valence-electron chi connectivity index (χ4n) is 2.94. The third-order valence-corrected chi connectivity index (χ3v) is 4.31. The van der Waals surface area contributed by atoms with Crippen molar-refractivity contribution in [1.82, 2.24) is 0 Å². The minimum absolute atomic E-state index is 0.204. The molecule has 124 valence electrons. The number of rotatable bonds is 5. The Bertz CT molecular complexity index is 359. The van der Waals surface area contributed by atoms with Gasteiger partial charge in [-0.1, -0.05) is 32.3 Å². The number of nitrogens with two attached hydrogens (primary N) is 1.